The van der Waals surface area contributed by atoms with Crippen molar-refractivity contribution in [2.24, 2.45) is 0 Å². The second-order valence-corrected chi connectivity index (χ2v) is 8.37. The molecule has 0 N–H and O–H groups in total. The number of likely N-dealkylation sites (tertiary alicyclic amines) is 1. The number of benzene rings is 1. The molecule has 0 bridgehead atoms. The number of amides is 3. The maximum Gasteiger partial charge on any atom is 0.416 e. The molecule has 2 saturated heterocycles. The molecule has 0 radical (unpaired) electrons. The lowest BCUT2D eigenvalue weighted by molar-refractivity contribution is -0.143. The van der Waals surface area contributed by atoms with E-state index < -0.39 is 29.0 Å². The molecule has 1 aromatic carbocycles. The van der Waals surface area contributed by atoms with Crippen molar-refractivity contribution >= 4 is 23.7 Å². The number of carbonyl (C=O) groups is 3. The van der Waals surface area contributed by atoms with Crippen LogP contribution < -0.4 is 4.90 Å². The van der Waals surface area contributed by atoms with Crippen LogP contribution in [0.25, 0.3) is 0 Å². The zero-order valence-corrected chi connectivity index (χ0v) is 18.6. The number of anilines is 1. The number of carbonyl (C=O) groups excluding carboxylic acids is 3. The van der Waals surface area contributed by atoms with Crippen molar-refractivity contribution in [3.05, 3.63) is 53.9 Å². The summed E-state index contributed by atoms with van der Waals surface area (Å²) >= 11 is 0. The van der Waals surface area contributed by atoms with Gasteiger partial charge in [-0.25, -0.2) is 9.97 Å². The number of alkyl halides is 3. The van der Waals surface area contributed by atoms with E-state index >= 15 is 0 Å². The molecule has 4 rings (SSSR count). The normalized spacial score (nSPS) is 21.4. The van der Waals surface area contributed by atoms with Crippen LogP contribution in [-0.2, 0) is 26.0 Å². The van der Waals surface area contributed by atoms with Gasteiger partial charge in [0, 0.05) is 58.0 Å². The monoisotopic (exact) mass is 475 g/mol. The smallest absolute Gasteiger partial charge is 0.339 e. The second kappa shape index (κ2) is 9.03. The molecule has 1 aromatic heterocycles. The maximum atomic E-state index is 13.4. The fourth-order valence-corrected chi connectivity index (χ4v) is 4.56. The summed E-state index contributed by atoms with van der Waals surface area (Å²) in [5.74, 6) is -0.969. The first-order valence-electron chi connectivity index (χ1n) is 11.0. The molecule has 1 unspecified atom stereocenters. The summed E-state index contributed by atoms with van der Waals surface area (Å²) in [5.41, 5.74) is -2.56. The maximum absolute atomic E-state index is 13.4. The van der Waals surface area contributed by atoms with Gasteiger partial charge in [0.1, 0.15) is 0 Å². The number of hydrogen-bond donors (Lipinski definition) is 0. The minimum atomic E-state index is -4.62. The summed E-state index contributed by atoms with van der Waals surface area (Å²) in [6.45, 7) is 3.33. The SMILES string of the molecule is CCN1C(=O)CC(CC(=O)N2CCN(c3ncccn3)CC2)(c2cccc(C(F)(F)F)c2)C1=O. The van der Waals surface area contributed by atoms with Gasteiger partial charge in [-0.2, -0.15) is 13.2 Å². The highest BCUT2D eigenvalue weighted by Gasteiger charge is 2.54. The minimum absolute atomic E-state index is 0.0290. The zero-order chi connectivity index (χ0) is 24.5. The Morgan fingerprint density at radius 1 is 1.06 bits per heavy atom. The number of piperazine rings is 1. The van der Waals surface area contributed by atoms with Gasteiger partial charge in [-0.1, -0.05) is 18.2 Å². The van der Waals surface area contributed by atoms with Gasteiger partial charge in [0.15, 0.2) is 0 Å². The summed E-state index contributed by atoms with van der Waals surface area (Å²) in [6, 6.07) is 6.08. The van der Waals surface area contributed by atoms with E-state index in [0.717, 1.165) is 17.0 Å². The van der Waals surface area contributed by atoms with E-state index in [1.807, 2.05) is 4.90 Å². The summed E-state index contributed by atoms with van der Waals surface area (Å²) in [5, 5.41) is 0. The Morgan fingerprint density at radius 3 is 2.32 bits per heavy atom. The van der Waals surface area contributed by atoms with E-state index in [2.05, 4.69) is 9.97 Å². The number of imide groups is 1. The predicted octanol–water partition coefficient (Wildman–Crippen LogP) is 2.25. The number of nitrogens with zero attached hydrogens (tertiary/aromatic N) is 5. The fraction of sp³-hybridized carbons (Fsp3) is 0.435. The van der Waals surface area contributed by atoms with Crippen LogP contribution in [0.15, 0.2) is 42.7 Å². The highest BCUT2D eigenvalue weighted by molar-refractivity contribution is 6.10. The van der Waals surface area contributed by atoms with Gasteiger partial charge in [0.2, 0.25) is 23.7 Å². The van der Waals surface area contributed by atoms with Gasteiger partial charge in [0.05, 0.1) is 11.0 Å². The average molecular weight is 475 g/mol. The van der Waals surface area contributed by atoms with E-state index in [4.69, 9.17) is 0 Å². The highest BCUT2D eigenvalue weighted by atomic mass is 19.4. The molecule has 2 aromatic rings. The van der Waals surface area contributed by atoms with Crippen LogP contribution in [-0.4, -0.2) is 70.2 Å². The largest absolute Gasteiger partial charge is 0.416 e. The second-order valence-electron chi connectivity index (χ2n) is 8.37. The quantitative estimate of drug-likeness (QED) is 0.617. The standard InChI is InChI=1S/C23H24F3N5O3/c1-2-31-19(33)15-22(20(31)34,16-5-3-6-17(13-16)23(24,25)26)14-18(32)29-9-11-30(12-10-29)21-27-7-4-8-28-21/h3-8,13H,2,9-12,14-15H2,1H3. The first kappa shape index (κ1) is 23.7. The van der Waals surface area contributed by atoms with Crippen molar-refractivity contribution in [3.63, 3.8) is 0 Å². The molecule has 34 heavy (non-hydrogen) atoms. The molecule has 0 aliphatic carbocycles. The van der Waals surface area contributed by atoms with E-state index in [0.29, 0.717) is 32.1 Å². The van der Waals surface area contributed by atoms with Gasteiger partial charge < -0.3 is 9.80 Å². The lowest BCUT2D eigenvalue weighted by Gasteiger charge is -2.36. The predicted molar refractivity (Wildman–Crippen MR) is 116 cm³/mol. The summed E-state index contributed by atoms with van der Waals surface area (Å²) in [4.78, 5) is 52.1. The van der Waals surface area contributed by atoms with Crippen molar-refractivity contribution in [2.45, 2.75) is 31.4 Å². The summed E-state index contributed by atoms with van der Waals surface area (Å²) in [7, 11) is 0. The number of hydrogen-bond acceptors (Lipinski definition) is 6. The van der Waals surface area contributed by atoms with Crippen molar-refractivity contribution in [1.82, 2.24) is 19.8 Å². The van der Waals surface area contributed by atoms with Crippen molar-refractivity contribution in [3.8, 4) is 0 Å². The van der Waals surface area contributed by atoms with Crippen LogP contribution in [0.5, 0.6) is 0 Å². The number of aromatic nitrogens is 2. The van der Waals surface area contributed by atoms with E-state index in [9.17, 15) is 27.6 Å². The average Bonchev–Trinajstić information content (AvgIpc) is 3.08. The Labute approximate surface area is 194 Å². The molecule has 3 amide bonds. The molecule has 2 fully saturated rings. The van der Waals surface area contributed by atoms with Gasteiger partial charge in [-0.3, -0.25) is 19.3 Å². The first-order chi connectivity index (χ1) is 16.2. The lowest BCUT2D eigenvalue weighted by Crippen LogP contribution is -2.51. The Bertz CT molecular complexity index is 1090. The lowest BCUT2D eigenvalue weighted by atomic mass is 9.75. The van der Waals surface area contributed by atoms with Crippen LogP contribution in [0.1, 0.15) is 30.9 Å². The van der Waals surface area contributed by atoms with Gasteiger partial charge >= 0.3 is 6.18 Å². The molecule has 2 aliphatic heterocycles. The zero-order valence-electron chi connectivity index (χ0n) is 18.6. The topological polar surface area (TPSA) is 86.7 Å². The van der Waals surface area contributed by atoms with Crippen LogP contribution in [0.4, 0.5) is 19.1 Å². The number of likely N-dealkylation sites (N-methyl/N-ethyl adjacent to an activating group) is 1. The number of rotatable bonds is 5. The number of halogens is 3. The summed E-state index contributed by atoms with van der Waals surface area (Å²) in [6.07, 6.45) is -2.09. The molecule has 0 saturated carbocycles. The molecule has 8 nitrogen and oxygen atoms in total. The van der Waals surface area contributed by atoms with Crippen molar-refractivity contribution in [1.29, 1.82) is 0 Å². The van der Waals surface area contributed by atoms with Gasteiger partial charge in [0.25, 0.3) is 0 Å². The molecule has 2 aliphatic rings. The Kier molecular flexibility index (Phi) is 6.28. The van der Waals surface area contributed by atoms with Crippen LogP contribution >= 0.6 is 0 Å². The Hall–Kier alpha value is -3.50. The first-order valence-corrected chi connectivity index (χ1v) is 11.0. The van der Waals surface area contributed by atoms with Crippen molar-refractivity contribution < 1.29 is 27.6 Å². The molecular formula is C23H24F3N5O3. The third-order valence-corrected chi connectivity index (χ3v) is 6.39. The molecule has 3 heterocycles. The van der Waals surface area contributed by atoms with E-state index in [1.165, 1.54) is 12.1 Å². The minimum Gasteiger partial charge on any atom is -0.339 e. The van der Waals surface area contributed by atoms with E-state index in [-0.39, 0.29) is 30.9 Å². The fourth-order valence-electron chi connectivity index (χ4n) is 4.56. The molecule has 11 heteroatoms. The van der Waals surface area contributed by atoms with Gasteiger partial charge in [-0.05, 0) is 24.6 Å². The Morgan fingerprint density at radius 2 is 1.74 bits per heavy atom. The van der Waals surface area contributed by atoms with Crippen molar-refractivity contribution in [2.75, 3.05) is 37.6 Å². The molecular weight excluding hydrogens is 451 g/mol. The molecule has 0 spiro atoms. The molecule has 180 valence electrons. The molecule has 1 atom stereocenters. The summed E-state index contributed by atoms with van der Waals surface area (Å²) < 4.78 is 40.1. The van der Waals surface area contributed by atoms with Crippen LogP contribution in [0.3, 0.4) is 0 Å². The van der Waals surface area contributed by atoms with E-state index in [1.54, 1.807) is 30.3 Å². The third-order valence-electron chi connectivity index (χ3n) is 6.39. The highest BCUT2D eigenvalue weighted by Crippen LogP contribution is 2.42. The van der Waals surface area contributed by atoms with Crippen LogP contribution in [0, 0.1) is 0 Å². The van der Waals surface area contributed by atoms with Crippen LogP contribution in [0.2, 0.25) is 0 Å². The third kappa shape index (κ3) is 4.34. The Balaban J connectivity index is 1.59. The van der Waals surface area contributed by atoms with Gasteiger partial charge in [-0.15, -0.1) is 0 Å².